The van der Waals surface area contributed by atoms with Gasteiger partial charge in [-0.25, -0.2) is 0 Å². The molecule has 1 heterocycles. The largest absolute Gasteiger partial charge is 0.388 e. The van der Waals surface area contributed by atoms with Crippen molar-refractivity contribution < 1.29 is 9.90 Å². The second-order valence-electron chi connectivity index (χ2n) is 8.88. The summed E-state index contributed by atoms with van der Waals surface area (Å²) >= 11 is 1.69. The van der Waals surface area contributed by atoms with Crippen LogP contribution in [-0.4, -0.2) is 17.6 Å². The minimum atomic E-state index is -0.432. The molecule has 1 atom stereocenters. The van der Waals surface area contributed by atoms with Gasteiger partial charge in [0.25, 0.3) is 5.91 Å². The minimum Gasteiger partial charge on any atom is -0.388 e. The average molecular weight is 386 g/mol. The van der Waals surface area contributed by atoms with Gasteiger partial charge in [0, 0.05) is 27.3 Å². The van der Waals surface area contributed by atoms with Gasteiger partial charge in [0.05, 0.1) is 6.10 Å². The van der Waals surface area contributed by atoms with Gasteiger partial charge in [0.2, 0.25) is 0 Å². The van der Waals surface area contributed by atoms with E-state index < -0.39 is 6.10 Å². The Hall–Kier alpha value is -1.65. The van der Waals surface area contributed by atoms with Crippen LogP contribution in [0.15, 0.2) is 36.4 Å². The standard InChI is InChI=1S/C23H31NO2S/c1-16(25)19-11-12-20(27-19)23(13-5-6-14-23)15-24-21(26)17-7-9-18(10-8-17)22(2,3)4/h7-12,16,25H,5-6,13-15H2,1-4H3,(H,24,26). The first kappa shape index (κ1) is 20.1. The van der Waals surface area contributed by atoms with Crippen LogP contribution in [-0.2, 0) is 10.8 Å². The molecule has 2 N–H and O–H groups in total. The summed E-state index contributed by atoms with van der Waals surface area (Å²) < 4.78 is 0. The molecule has 0 spiro atoms. The molecule has 1 fully saturated rings. The zero-order chi connectivity index (χ0) is 19.7. The van der Waals surface area contributed by atoms with Crippen molar-refractivity contribution in [3.05, 3.63) is 57.3 Å². The topological polar surface area (TPSA) is 49.3 Å². The van der Waals surface area contributed by atoms with E-state index in [4.69, 9.17) is 0 Å². The highest BCUT2D eigenvalue weighted by Gasteiger charge is 2.37. The second-order valence-corrected chi connectivity index (χ2v) is 9.99. The van der Waals surface area contributed by atoms with Crippen LogP contribution in [0.4, 0.5) is 0 Å². The van der Waals surface area contributed by atoms with E-state index in [-0.39, 0.29) is 16.7 Å². The van der Waals surface area contributed by atoms with E-state index in [1.807, 2.05) is 18.2 Å². The molecule has 0 aliphatic heterocycles. The maximum atomic E-state index is 12.7. The van der Waals surface area contributed by atoms with Crippen molar-refractivity contribution in [2.75, 3.05) is 6.54 Å². The van der Waals surface area contributed by atoms with Gasteiger partial charge in [-0.1, -0.05) is 45.7 Å². The highest BCUT2D eigenvalue weighted by atomic mass is 32.1. The van der Waals surface area contributed by atoms with Crippen molar-refractivity contribution in [1.82, 2.24) is 5.32 Å². The zero-order valence-electron chi connectivity index (χ0n) is 16.8. The molecule has 3 rings (SSSR count). The predicted octanol–water partition coefficient (Wildman–Crippen LogP) is 5.34. The molecule has 1 aliphatic carbocycles. The van der Waals surface area contributed by atoms with Gasteiger partial charge in [0.15, 0.2) is 0 Å². The summed E-state index contributed by atoms with van der Waals surface area (Å²) in [6.45, 7) is 8.99. The number of hydrogen-bond acceptors (Lipinski definition) is 3. The fraction of sp³-hybridized carbons (Fsp3) is 0.522. The van der Waals surface area contributed by atoms with E-state index in [2.05, 4.69) is 44.3 Å². The van der Waals surface area contributed by atoms with Crippen molar-refractivity contribution in [3.63, 3.8) is 0 Å². The molecule has 27 heavy (non-hydrogen) atoms. The maximum absolute atomic E-state index is 12.7. The van der Waals surface area contributed by atoms with Crippen LogP contribution in [0.2, 0.25) is 0 Å². The van der Waals surface area contributed by atoms with E-state index in [1.54, 1.807) is 18.3 Å². The molecule has 1 unspecified atom stereocenters. The molecule has 1 saturated carbocycles. The number of carbonyl (C=O) groups is 1. The van der Waals surface area contributed by atoms with Gasteiger partial charge >= 0.3 is 0 Å². The van der Waals surface area contributed by atoms with Crippen molar-refractivity contribution in [1.29, 1.82) is 0 Å². The number of carbonyl (C=O) groups excluding carboxylic acids is 1. The number of thiophene rings is 1. The maximum Gasteiger partial charge on any atom is 0.251 e. The molecule has 2 aromatic rings. The third kappa shape index (κ3) is 4.44. The van der Waals surface area contributed by atoms with Crippen molar-refractivity contribution in [2.24, 2.45) is 0 Å². The summed E-state index contributed by atoms with van der Waals surface area (Å²) in [5.41, 5.74) is 2.05. The van der Waals surface area contributed by atoms with Crippen molar-refractivity contribution >= 4 is 17.2 Å². The monoisotopic (exact) mass is 385 g/mol. The molecule has 146 valence electrons. The lowest BCUT2D eigenvalue weighted by Crippen LogP contribution is -2.38. The van der Waals surface area contributed by atoms with Crippen LogP contribution in [0.25, 0.3) is 0 Å². The highest BCUT2D eigenvalue weighted by Crippen LogP contribution is 2.44. The molecular weight excluding hydrogens is 354 g/mol. The third-order valence-corrected chi connectivity index (χ3v) is 7.22. The number of benzene rings is 1. The van der Waals surface area contributed by atoms with E-state index in [1.165, 1.54) is 23.3 Å². The number of aliphatic hydroxyl groups excluding tert-OH is 1. The molecule has 0 bridgehead atoms. The van der Waals surface area contributed by atoms with Gasteiger partial charge in [-0.05, 0) is 55.0 Å². The average Bonchev–Trinajstić information content (AvgIpc) is 3.29. The van der Waals surface area contributed by atoms with Crippen LogP contribution in [0.3, 0.4) is 0 Å². The smallest absolute Gasteiger partial charge is 0.251 e. The Morgan fingerprint density at radius 1 is 1.15 bits per heavy atom. The summed E-state index contributed by atoms with van der Waals surface area (Å²) in [6.07, 6.45) is 4.14. The Kier molecular flexibility index (Phi) is 5.78. The molecule has 4 heteroatoms. The molecule has 1 amide bonds. The number of amides is 1. The Morgan fingerprint density at radius 3 is 2.30 bits per heavy atom. The van der Waals surface area contributed by atoms with Crippen molar-refractivity contribution in [2.45, 2.75) is 70.3 Å². The van der Waals surface area contributed by atoms with Crippen LogP contribution < -0.4 is 5.32 Å². The Morgan fingerprint density at radius 2 is 1.78 bits per heavy atom. The third-order valence-electron chi connectivity index (χ3n) is 5.72. The Bertz CT molecular complexity index is 777. The number of nitrogens with one attached hydrogen (secondary N) is 1. The van der Waals surface area contributed by atoms with Gasteiger partial charge in [0.1, 0.15) is 0 Å². The van der Waals surface area contributed by atoms with E-state index in [0.717, 1.165) is 17.7 Å². The van der Waals surface area contributed by atoms with E-state index in [0.29, 0.717) is 12.1 Å². The summed E-state index contributed by atoms with van der Waals surface area (Å²) in [5.74, 6) is -0.00552. The molecular formula is C23H31NO2S. The van der Waals surface area contributed by atoms with Crippen LogP contribution in [0.5, 0.6) is 0 Å². The lowest BCUT2D eigenvalue weighted by molar-refractivity contribution is 0.0943. The molecule has 0 radical (unpaired) electrons. The molecule has 1 aromatic heterocycles. The van der Waals surface area contributed by atoms with Gasteiger partial charge in [-0.15, -0.1) is 11.3 Å². The quantitative estimate of drug-likeness (QED) is 0.730. The molecule has 0 saturated heterocycles. The normalized spacial score (nSPS) is 17.7. The van der Waals surface area contributed by atoms with Crippen molar-refractivity contribution in [3.8, 4) is 0 Å². The SMILES string of the molecule is CC(O)c1ccc(C2(CNC(=O)c3ccc(C(C)(C)C)cc3)CCCC2)s1. The van der Waals surface area contributed by atoms with Crippen LogP contribution in [0.1, 0.15) is 85.2 Å². The fourth-order valence-corrected chi connectivity index (χ4v) is 5.09. The fourth-order valence-electron chi connectivity index (χ4n) is 3.90. The first-order chi connectivity index (χ1) is 12.7. The highest BCUT2D eigenvalue weighted by molar-refractivity contribution is 7.12. The van der Waals surface area contributed by atoms with Gasteiger partial charge in [-0.2, -0.15) is 0 Å². The number of aliphatic hydroxyl groups is 1. The lowest BCUT2D eigenvalue weighted by Gasteiger charge is -2.28. The first-order valence-electron chi connectivity index (χ1n) is 9.88. The number of hydrogen-bond donors (Lipinski definition) is 2. The number of rotatable bonds is 5. The van der Waals surface area contributed by atoms with Gasteiger partial charge in [-0.3, -0.25) is 4.79 Å². The molecule has 1 aromatic carbocycles. The Balaban J connectivity index is 1.71. The summed E-state index contributed by atoms with van der Waals surface area (Å²) in [4.78, 5) is 15.0. The first-order valence-corrected chi connectivity index (χ1v) is 10.7. The summed E-state index contributed by atoms with van der Waals surface area (Å²) in [6, 6.07) is 12.1. The summed E-state index contributed by atoms with van der Waals surface area (Å²) in [5, 5.41) is 13.0. The predicted molar refractivity (Wildman–Crippen MR) is 113 cm³/mol. The van der Waals surface area contributed by atoms with E-state index >= 15 is 0 Å². The Labute approximate surface area is 166 Å². The zero-order valence-corrected chi connectivity index (χ0v) is 17.7. The van der Waals surface area contributed by atoms with Crippen LogP contribution >= 0.6 is 11.3 Å². The van der Waals surface area contributed by atoms with Crippen LogP contribution in [0, 0.1) is 0 Å². The molecule has 1 aliphatic rings. The summed E-state index contributed by atoms with van der Waals surface area (Å²) in [7, 11) is 0. The lowest BCUT2D eigenvalue weighted by atomic mass is 9.84. The second kappa shape index (κ2) is 7.76. The van der Waals surface area contributed by atoms with Gasteiger partial charge < -0.3 is 10.4 Å². The molecule has 3 nitrogen and oxygen atoms in total. The van der Waals surface area contributed by atoms with E-state index in [9.17, 15) is 9.90 Å². The minimum absolute atomic E-state index is 0.00552.